The zero-order valence-electron chi connectivity index (χ0n) is 16.6. The molecule has 0 aliphatic carbocycles. The normalized spacial score (nSPS) is 11.0. The zero-order chi connectivity index (χ0) is 21.1. The predicted molar refractivity (Wildman–Crippen MR) is 111 cm³/mol. The van der Waals surface area contributed by atoms with Crippen molar-refractivity contribution in [2.24, 2.45) is 16.1 Å². The number of benzene rings is 2. The third-order valence-electron chi connectivity index (χ3n) is 4.08. The van der Waals surface area contributed by atoms with E-state index in [4.69, 9.17) is 9.47 Å². The van der Waals surface area contributed by atoms with Gasteiger partial charge in [0.25, 0.3) is 11.8 Å². The number of rotatable bonds is 9. The number of carbonyl (C=O) groups is 2. The quantitative estimate of drug-likeness (QED) is 0.386. The summed E-state index contributed by atoms with van der Waals surface area (Å²) in [4.78, 5) is 24.6. The van der Waals surface area contributed by atoms with E-state index in [1.54, 1.807) is 45.4 Å². The summed E-state index contributed by atoms with van der Waals surface area (Å²) in [7, 11) is 3.10. The summed E-state index contributed by atoms with van der Waals surface area (Å²) in [6, 6.07) is 14.5. The molecule has 8 nitrogen and oxygen atoms in total. The van der Waals surface area contributed by atoms with Crippen LogP contribution in [0.4, 0.5) is 0 Å². The summed E-state index contributed by atoms with van der Waals surface area (Å²) >= 11 is 0. The molecule has 2 aromatic rings. The van der Waals surface area contributed by atoms with Crippen LogP contribution in [0.25, 0.3) is 0 Å². The molecule has 0 aliphatic rings. The zero-order valence-corrected chi connectivity index (χ0v) is 16.6. The lowest BCUT2D eigenvalue weighted by molar-refractivity contribution is -0.135. The van der Waals surface area contributed by atoms with Crippen LogP contribution < -0.4 is 20.3 Å². The molecule has 8 heteroatoms. The number of methoxy groups -OCH3 is 2. The average molecular weight is 396 g/mol. The Kier molecular flexibility index (Phi) is 8.37. The Morgan fingerprint density at radius 3 is 1.66 bits per heavy atom. The number of nitrogens with zero attached hydrogens (tertiary/aromatic N) is 2. The van der Waals surface area contributed by atoms with Crippen molar-refractivity contribution in [1.82, 2.24) is 10.9 Å². The lowest BCUT2D eigenvalue weighted by Crippen LogP contribution is -2.37. The fraction of sp³-hybridized carbons (Fsp3) is 0.238. The molecule has 0 atom stereocenters. The van der Waals surface area contributed by atoms with Gasteiger partial charge in [-0.25, -0.2) is 10.9 Å². The summed E-state index contributed by atoms with van der Waals surface area (Å²) in [6.07, 6.45) is 3.22. The summed E-state index contributed by atoms with van der Waals surface area (Å²) in [5, 5.41) is 7.82. The molecule has 29 heavy (non-hydrogen) atoms. The molecule has 2 rings (SSSR count). The number of para-hydroxylation sites is 2. The molecule has 0 fully saturated rings. The summed E-state index contributed by atoms with van der Waals surface area (Å²) in [6.45, 7) is 1.73. The lowest BCUT2D eigenvalue weighted by Gasteiger charge is -2.11. The van der Waals surface area contributed by atoms with Gasteiger partial charge in [0.2, 0.25) is 0 Å². The maximum atomic E-state index is 12.3. The number of hydrogen-bond donors (Lipinski definition) is 2. The Morgan fingerprint density at radius 1 is 0.862 bits per heavy atom. The summed E-state index contributed by atoms with van der Waals surface area (Å²) < 4.78 is 10.4. The predicted octanol–water partition coefficient (Wildman–Crippen LogP) is 2.33. The second-order valence-corrected chi connectivity index (χ2v) is 5.91. The van der Waals surface area contributed by atoms with Crippen molar-refractivity contribution < 1.29 is 19.1 Å². The topological polar surface area (TPSA) is 101 Å². The van der Waals surface area contributed by atoms with Gasteiger partial charge in [0, 0.05) is 11.1 Å². The molecule has 0 aliphatic heterocycles. The van der Waals surface area contributed by atoms with E-state index in [9.17, 15) is 9.59 Å². The van der Waals surface area contributed by atoms with Crippen molar-refractivity contribution in [2.75, 3.05) is 14.2 Å². The van der Waals surface area contributed by atoms with Gasteiger partial charge in [-0.2, -0.15) is 10.2 Å². The molecule has 2 amide bonds. The van der Waals surface area contributed by atoms with E-state index in [2.05, 4.69) is 21.1 Å². The highest BCUT2D eigenvalue weighted by Crippen LogP contribution is 2.15. The SMILES string of the molecule is CCC(C(=O)N/N=C\c1ccccc1OC)C(=O)N/N=C\c1ccccc1OC. The molecule has 152 valence electrons. The second-order valence-electron chi connectivity index (χ2n) is 5.91. The van der Waals surface area contributed by atoms with Crippen molar-refractivity contribution in [3.63, 3.8) is 0 Å². The van der Waals surface area contributed by atoms with Gasteiger partial charge in [-0.05, 0) is 30.7 Å². The average Bonchev–Trinajstić information content (AvgIpc) is 2.75. The maximum absolute atomic E-state index is 12.3. The smallest absolute Gasteiger partial charge is 0.252 e. The molecule has 0 aromatic heterocycles. The minimum Gasteiger partial charge on any atom is -0.496 e. The van der Waals surface area contributed by atoms with Gasteiger partial charge in [0.15, 0.2) is 0 Å². The Bertz CT molecular complexity index is 824. The molecule has 0 bridgehead atoms. The summed E-state index contributed by atoms with van der Waals surface area (Å²) in [5.74, 6) is -0.728. The van der Waals surface area contributed by atoms with Gasteiger partial charge in [-0.1, -0.05) is 31.2 Å². The van der Waals surface area contributed by atoms with E-state index < -0.39 is 17.7 Å². The van der Waals surface area contributed by atoms with Gasteiger partial charge in [-0.15, -0.1) is 0 Å². The number of hydrogen-bond acceptors (Lipinski definition) is 6. The first-order valence-corrected chi connectivity index (χ1v) is 9.02. The summed E-state index contributed by atoms with van der Waals surface area (Å²) in [5.41, 5.74) is 6.17. The van der Waals surface area contributed by atoms with Gasteiger partial charge in [0.05, 0.1) is 26.6 Å². The van der Waals surface area contributed by atoms with Crippen LogP contribution in [0.5, 0.6) is 11.5 Å². The Morgan fingerprint density at radius 2 is 1.28 bits per heavy atom. The minimum atomic E-state index is -0.931. The van der Waals surface area contributed by atoms with E-state index in [1.807, 2.05) is 24.3 Å². The van der Waals surface area contributed by atoms with Crippen LogP contribution in [-0.2, 0) is 9.59 Å². The van der Waals surface area contributed by atoms with Crippen molar-refractivity contribution in [3.05, 3.63) is 59.7 Å². The molecule has 0 spiro atoms. The van der Waals surface area contributed by atoms with E-state index in [-0.39, 0.29) is 0 Å². The molecule has 0 saturated heterocycles. The molecule has 0 unspecified atom stereocenters. The number of nitrogens with one attached hydrogen (secondary N) is 2. The monoisotopic (exact) mass is 396 g/mol. The first-order chi connectivity index (χ1) is 14.1. The highest BCUT2D eigenvalue weighted by atomic mass is 16.5. The van der Waals surface area contributed by atoms with Crippen molar-refractivity contribution in [1.29, 1.82) is 0 Å². The van der Waals surface area contributed by atoms with Gasteiger partial charge in [0.1, 0.15) is 17.4 Å². The number of amides is 2. The standard InChI is InChI=1S/C21H24N4O4/c1-4-17(20(26)24-22-13-15-9-5-7-11-18(15)28-2)21(27)25-23-14-16-10-6-8-12-19(16)29-3/h5-14,17H,4H2,1-3H3,(H,24,26)(H,25,27)/b22-13-,23-14-. The minimum absolute atomic E-state index is 0.298. The van der Waals surface area contributed by atoms with Crippen LogP contribution in [0, 0.1) is 5.92 Å². The number of hydrazone groups is 2. The number of ether oxygens (including phenoxy) is 2. The van der Waals surface area contributed by atoms with Crippen LogP contribution in [0.3, 0.4) is 0 Å². The Labute approximate surface area is 169 Å². The molecule has 0 heterocycles. The van der Waals surface area contributed by atoms with Crippen LogP contribution in [0.2, 0.25) is 0 Å². The Hall–Kier alpha value is -3.68. The van der Waals surface area contributed by atoms with E-state index in [0.717, 1.165) is 0 Å². The second kappa shape index (κ2) is 11.2. The van der Waals surface area contributed by atoms with Crippen molar-refractivity contribution in [2.45, 2.75) is 13.3 Å². The molecule has 0 saturated carbocycles. The van der Waals surface area contributed by atoms with Crippen LogP contribution >= 0.6 is 0 Å². The first-order valence-electron chi connectivity index (χ1n) is 9.02. The molecular formula is C21H24N4O4. The molecule has 2 aromatic carbocycles. The largest absolute Gasteiger partial charge is 0.496 e. The molecule has 2 N–H and O–H groups in total. The van der Waals surface area contributed by atoms with Crippen molar-refractivity contribution >= 4 is 24.2 Å². The van der Waals surface area contributed by atoms with E-state index >= 15 is 0 Å². The fourth-order valence-electron chi connectivity index (χ4n) is 2.52. The lowest BCUT2D eigenvalue weighted by atomic mass is 10.1. The maximum Gasteiger partial charge on any atom is 0.252 e. The number of carbonyl (C=O) groups excluding carboxylic acids is 2. The molecule has 0 radical (unpaired) electrons. The van der Waals surface area contributed by atoms with Crippen LogP contribution in [0.1, 0.15) is 24.5 Å². The molecular weight excluding hydrogens is 372 g/mol. The van der Waals surface area contributed by atoms with Crippen LogP contribution in [0.15, 0.2) is 58.7 Å². The first kappa shape index (κ1) is 21.6. The van der Waals surface area contributed by atoms with Gasteiger partial charge >= 0.3 is 0 Å². The fourth-order valence-corrected chi connectivity index (χ4v) is 2.52. The third-order valence-corrected chi connectivity index (χ3v) is 4.08. The highest BCUT2D eigenvalue weighted by molar-refractivity contribution is 6.00. The van der Waals surface area contributed by atoms with Gasteiger partial charge in [-0.3, -0.25) is 9.59 Å². The van der Waals surface area contributed by atoms with E-state index in [0.29, 0.717) is 29.0 Å². The van der Waals surface area contributed by atoms with Crippen LogP contribution in [-0.4, -0.2) is 38.5 Å². The third kappa shape index (κ3) is 6.17. The van der Waals surface area contributed by atoms with Gasteiger partial charge < -0.3 is 9.47 Å². The highest BCUT2D eigenvalue weighted by Gasteiger charge is 2.24. The van der Waals surface area contributed by atoms with Crippen molar-refractivity contribution in [3.8, 4) is 11.5 Å². The van der Waals surface area contributed by atoms with E-state index in [1.165, 1.54) is 12.4 Å². The Balaban J connectivity index is 1.95.